The van der Waals surface area contributed by atoms with Gasteiger partial charge in [-0.25, -0.2) is 4.68 Å². The Bertz CT molecular complexity index is 782. The Labute approximate surface area is 137 Å². The summed E-state index contributed by atoms with van der Waals surface area (Å²) in [4.78, 5) is 0. The van der Waals surface area contributed by atoms with Crippen LogP contribution < -0.4 is 9.47 Å². The minimum Gasteiger partial charge on any atom is -0.497 e. The predicted molar refractivity (Wildman–Crippen MR) is 89.8 cm³/mol. The van der Waals surface area contributed by atoms with Crippen molar-refractivity contribution in [2.24, 2.45) is 0 Å². The molecule has 0 saturated carbocycles. The van der Waals surface area contributed by atoms with Crippen molar-refractivity contribution in [2.45, 2.75) is 0 Å². The van der Waals surface area contributed by atoms with Crippen molar-refractivity contribution in [3.05, 3.63) is 59.2 Å². The molecule has 0 radical (unpaired) electrons. The van der Waals surface area contributed by atoms with Crippen molar-refractivity contribution in [1.29, 1.82) is 0 Å². The van der Waals surface area contributed by atoms with Crippen LogP contribution in [0.1, 0.15) is 0 Å². The number of aromatic nitrogens is 2. The van der Waals surface area contributed by atoms with Gasteiger partial charge in [0.05, 0.1) is 36.3 Å². The number of hydrogen-bond donors (Lipinski definition) is 0. The van der Waals surface area contributed by atoms with Crippen LogP contribution in [0.4, 0.5) is 0 Å². The van der Waals surface area contributed by atoms with E-state index in [0.29, 0.717) is 0 Å². The number of methoxy groups -OCH3 is 2. The molecule has 0 amide bonds. The fourth-order valence-electron chi connectivity index (χ4n) is 2.28. The molecule has 2 aromatic carbocycles. The average Bonchev–Trinajstić information content (AvgIpc) is 3.04. The lowest BCUT2D eigenvalue weighted by Crippen LogP contribution is -1.99. The van der Waals surface area contributed by atoms with Crippen molar-refractivity contribution in [3.63, 3.8) is 0 Å². The Morgan fingerprint density at radius 1 is 0.955 bits per heavy atom. The van der Waals surface area contributed by atoms with E-state index in [0.717, 1.165) is 32.9 Å². The SMILES string of the molecule is COc1ccc(-n2nccc2-c2ccc(OC)c(Br)c2)cc1. The Morgan fingerprint density at radius 3 is 2.36 bits per heavy atom. The van der Waals surface area contributed by atoms with Gasteiger partial charge in [-0.2, -0.15) is 5.10 Å². The van der Waals surface area contributed by atoms with Gasteiger partial charge in [-0.05, 0) is 64.5 Å². The maximum absolute atomic E-state index is 5.27. The fourth-order valence-corrected chi connectivity index (χ4v) is 2.82. The predicted octanol–water partition coefficient (Wildman–Crippen LogP) is 4.32. The zero-order valence-electron chi connectivity index (χ0n) is 12.3. The summed E-state index contributed by atoms with van der Waals surface area (Å²) < 4.78 is 13.3. The van der Waals surface area contributed by atoms with Crippen LogP contribution in [-0.4, -0.2) is 24.0 Å². The first-order valence-corrected chi connectivity index (χ1v) is 7.54. The first-order chi connectivity index (χ1) is 10.7. The summed E-state index contributed by atoms with van der Waals surface area (Å²) in [6, 6.07) is 15.8. The van der Waals surface area contributed by atoms with Crippen LogP contribution >= 0.6 is 15.9 Å². The van der Waals surface area contributed by atoms with E-state index >= 15 is 0 Å². The smallest absolute Gasteiger partial charge is 0.133 e. The molecule has 0 unspecified atom stereocenters. The maximum Gasteiger partial charge on any atom is 0.133 e. The van der Waals surface area contributed by atoms with Crippen molar-refractivity contribution >= 4 is 15.9 Å². The van der Waals surface area contributed by atoms with Gasteiger partial charge in [-0.15, -0.1) is 0 Å². The van der Waals surface area contributed by atoms with E-state index in [2.05, 4.69) is 21.0 Å². The molecule has 0 aliphatic heterocycles. The summed E-state index contributed by atoms with van der Waals surface area (Å²) in [5.74, 6) is 1.63. The van der Waals surface area contributed by atoms with Crippen molar-refractivity contribution in [1.82, 2.24) is 9.78 Å². The topological polar surface area (TPSA) is 36.3 Å². The molecule has 3 aromatic rings. The van der Waals surface area contributed by atoms with E-state index in [1.54, 1.807) is 20.4 Å². The van der Waals surface area contributed by atoms with Gasteiger partial charge in [0, 0.05) is 5.56 Å². The van der Waals surface area contributed by atoms with Crippen molar-refractivity contribution in [3.8, 4) is 28.4 Å². The van der Waals surface area contributed by atoms with Gasteiger partial charge >= 0.3 is 0 Å². The van der Waals surface area contributed by atoms with Crippen LogP contribution in [0.25, 0.3) is 16.9 Å². The minimum atomic E-state index is 0.805. The molecule has 0 N–H and O–H groups in total. The lowest BCUT2D eigenvalue weighted by Gasteiger charge is -2.10. The molecular formula is C17H15BrN2O2. The highest BCUT2D eigenvalue weighted by atomic mass is 79.9. The number of halogens is 1. The summed E-state index contributed by atoms with van der Waals surface area (Å²) in [5, 5.41) is 4.42. The molecule has 0 aliphatic carbocycles. The molecule has 0 saturated heterocycles. The van der Waals surface area contributed by atoms with Gasteiger partial charge in [-0.1, -0.05) is 0 Å². The van der Waals surface area contributed by atoms with Crippen LogP contribution in [0, 0.1) is 0 Å². The van der Waals surface area contributed by atoms with E-state index in [4.69, 9.17) is 9.47 Å². The third-order valence-electron chi connectivity index (χ3n) is 3.41. The minimum absolute atomic E-state index is 0.805. The summed E-state index contributed by atoms with van der Waals surface area (Å²) >= 11 is 3.52. The molecule has 0 aliphatic rings. The maximum atomic E-state index is 5.27. The summed E-state index contributed by atoms with van der Waals surface area (Å²) in [7, 11) is 3.31. The van der Waals surface area contributed by atoms with Crippen molar-refractivity contribution in [2.75, 3.05) is 14.2 Å². The Morgan fingerprint density at radius 2 is 1.73 bits per heavy atom. The number of benzene rings is 2. The van der Waals surface area contributed by atoms with Crippen LogP contribution in [0.15, 0.2) is 59.2 Å². The fraction of sp³-hybridized carbons (Fsp3) is 0.118. The van der Waals surface area contributed by atoms with E-state index in [1.807, 2.05) is 53.2 Å². The highest BCUT2D eigenvalue weighted by Gasteiger charge is 2.10. The molecule has 1 heterocycles. The van der Waals surface area contributed by atoms with Gasteiger partial charge in [-0.3, -0.25) is 0 Å². The highest BCUT2D eigenvalue weighted by Crippen LogP contribution is 2.31. The normalized spacial score (nSPS) is 10.5. The first-order valence-electron chi connectivity index (χ1n) is 6.75. The monoisotopic (exact) mass is 358 g/mol. The molecule has 4 nitrogen and oxygen atoms in total. The van der Waals surface area contributed by atoms with E-state index in [-0.39, 0.29) is 0 Å². The second-order valence-corrected chi connectivity index (χ2v) is 5.53. The molecule has 22 heavy (non-hydrogen) atoms. The number of rotatable bonds is 4. The summed E-state index contributed by atoms with van der Waals surface area (Å²) in [6.45, 7) is 0. The summed E-state index contributed by atoms with van der Waals surface area (Å²) in [5.41, 5.74) is 3.04. The Hall–Kier alpha value is -2.27. The van der Waals surface area contributed by atoms with Crippen molar-refractivity contribution < 1.29 is 9.47 Å². The lowest BCUT2D eigenvalue weighted by molar-refractivity contribution is 0.412. The molecule has 112 valence electrons. The number of nitrogens with zero attached hydrogens (tertiary/aromatic N) is 2. The molecule has 0 spiro atoms. The molecule has 0 bridgehead atoms. The second-order valence-electron chi connectivity index (χ2n) is 4.68. The van der Waals surface area contributed by atoms with Gasteiger partial charge < -0.3 is 9.47 Å². The Balaban J connectivity index is 2.02. The van der Waals surface area contributed by atoms with E-state index in [9.17, 15) is 0 Å². The number of hydrogen-bond acceptors (Lipinski definition) is 3. The average molecular weight is 359 g/mol. The van der Waals surface area contributed by atoms with Gasteiger partial charge in [0.15, 0.2) is 0 Å². The van der Waals surface area contributed by atoms with Crippen LogP contribution in [0.3, 0.4) is 0 Å². The largest absolute Gasteiger partial charge is 0.497 e. The van der Waals surface area contributed by atoms with E-state index < -0.39 is 0 Å². The molecule has 0 fully saturated rings. The summed E-state index contributed by atoms with van der Waals surface area (Å²) in [6.07, 6.45) is 1.79. The van der Waals surface area contributed by atoms with Crippen LogP contribution in [0.5, 0.6) is 11.5 Å². The van der Waals surface area contributed by atoms with Gasteiger partial charge in [0.2, 0.25) is 0 Å². The lowest BCUT2D eigenvalue weighted by atomic mass is 10.1. The molecule has 1 aromatic heterocycles. The van der Waals surface area contributed by atoms with Gasteiger partial charge in [0.1, 0.15) is 11.5 Å². The standard InChI is InChI=1S/C17H15BrN2O2/c1-21-14-6-4-13(5-7-14)20-16(9-10-19-20)12-3-8-17(22-2)15(18)11-12/h3-11H,1-2H3. The van der Waals surface area contributed by atoms with Gasteiger partial charge in [0.25, 0.3) is 0 Å². The second kappa shape index (κ2) is 6.23. The molecule has 5 heteroatoms. The molecule has 3 rings (SSSR count). The molecular weight excluding hydrogens is 344 g/mol. The quantitative estimate of drug-likeness (QED) is 0.696. The highest BCUT2D eigenvalue weighted by molar-refractivity contribution is 9.10. The zero-order valence-corrected chi connectivity index (χ0v) is 13.9. The number of ether oxygens (including phenoxy) is 2. The Kier molecular flexibility index (Phi) is 4.15. The first kappa shape index (κ1) is 14.7. The van der Waals surface area contributed by atoms with Crippen LogP contribution in [0.2, 0.25) is 0 Å². The van der Waals surface area contributed by atoms with E-state index in [1.165, 1.54) is 0 Å². The third kappa shape index (κ3) is 2.72. The van der Waals surface area contributed by atoms with Crippen LogP contribution in [-0.2, 0) is 0 Å². The molecule has 0 atom stereocenters. The zero-order chi connectivity index (χ0) is 15.5. The third-order valence-corrected chi connectivity index (χ3v) is 4.03.